The van der Waals surface area contributed by atoms with Gasteiger partial charge in [0.25, 0.3) is 0 Å². The van der Waals surface area contributed by atoms with Gasteiger partial charge in [0.05, 0.1) is 22.7 Å². The first-order chi connectivity index (χ1) is 11.5. The van der Waals surface area contributed by atoms with Gasteiger partial charge in [-0.1, -0.05) is 0 Å². The number of hydrogen-bond acceptors (Lipinski definition) is 5. The Bertz CT molecular complexity index is 813. The summed E-state index contributed by atoms with van der Waals surface area (Å²) in [7, 11) is 0. The fraction of sp³-hybridized carbons (Fsp3) is 0.562. The smallest absolute Gasteiger partial charge is 0.311 e. The second-order valence-electron chi connectivity index (χ2n) is 7.05. The first-order valence-electron chi connectivity index (χ1n) is 8.06. The number of carbonyl (C=O) groups excluding carboxylic acids is 1. The molecule has 2 aromatic rings. The van der Waals surface area contributed by atoms with Crippen molar-refractivity contribution in [2.45, 2.75) is 60.0 Å². The van der Waals surface area contributed by atoms with E-state index in [2.05, 4.69) is 15.5 Å². The van der Waals surface area contributed by atoms with E-state index in [1.54, 1.807) is 18.5 Å². The molecule has 25 heavy (non-hydrogen) atoms. The van der Waals surface area contributed by atoms with Crippen LogP contribution in [0.2, 0.25) is 0 Å². The van der Waals surface area contributed by atoms with Crippen molar-refractivity contribution in [2.75, 3.05) is 5.32 Å². The van der Waals surface area contributed by atoms with Gasteiger partial charge in [0.1, 0.15) is 17.2 Å². The van der Waals surface area contributed by atoms with E-state index in [9.17, 15) is 14.9 Å². The summed E-state index contributed by atoms with van der Waals surface area (Å²) >= 11 is 0. The Morgan fingerprint density at radius 1 is 1.28 bits per heavy atom. The molecule has 136 valence electrons. The maximum Gasteiger partial charge on any atom is 0.312 e. The molecule has 2 rings (SSSR count). The van der Waals surface area contributed by atoms with Crippen molar-refractivity contribution in [1.29, 1.82) is 0 Å². The largest absolute Gasteiger partial charge is 0.312 e. The Labute approximate surface area is 146 Å². The minimum Gasteiger partial charge on any atom is -0.311 e. The summed E-state index contributed by atoms with van der Waals surface area (Å²) in [6.07, 6.45) is 0.160. The molecular formula is C16H24N6O3. The Hall–Kier alpha value is -2.71. The number of carbonyl (C=O) groups is 1. The molecule has 0 bridgehead atoms. The number of aryl methyl sites for hydroxylation is 3. The number of aromatic nitrogens is 4. The van der Waals surface area contributed by atoms with Crippen LogP contribution in [0.3, 0.4) is 0 Å². The highest BCUT2D eigenvalue weighted by atomic mass is 16.6. The first kappa shape index (κ1) is 18.6. The van der Waals surface area contributed by atoms with E-state index in [4.69, 9.17) is 0 Å². The predicted molar refractivity (Wildman–Crippen MR) is 93.6 cm³/mol. The van der Waals surface area contributed by atoms with Gasteiger partial charge >= 0.3 is 5.69 Å². The Morgan fingerprint density at radius 3 is 2.44 bits per heavy atom. The second kappa shape index (κ2) is 6.66. The van der Waals surface area contributed by atoms with Crippen molar-refractivity contribution in [3.05, 3.63) is 33.3 Å². The summed E-state index contributed by atoms with van der Waals surface area (Å²) < 4.78 is 3.27. The highest BCUT2D eigenvalue weighted by Gasteiger charge is 2.23. The molecule has 1 amide bonds. The van der Waals surface area contributed by atoms with Crippen molar-refractivity contribution in [3.63, 3.8) is 0 Å². The first-order valence-corrected chi connectivity index (χ1v) is 8.06. The van der Waals surface area contributed by atoms with Gasteiger partial charge in [-0.15, -0.1) is 0 Å². The van der Waals surface area contributed by atoms with Crippen LogP contribution in [0.1, 0.15) is 44.3 Å². The molecule has 0 fully saturated rings. The lowest BCUT2D eigenvalue weighted by atomic mass is 10.1. The topological polar surface area (TPSA) is 108 Å². The van der Waals surface area contributed by atoms with Gasteiger partial charge in [-0.2, -0.15) is 10.2 Å². The maximum atomic E-state index is 12.3. The summed E-state index contributed by atoms with van der Waals surface area (Å²) in [5.41, 5.74) is 1.36. The summed E-state index contributed by atoms with van der Waals surface area (Å²) in [5, 5.41) is 22.5. The fourth-order valence-corrected chi connectivity index (χ4v) is 2.68. The van der Waals surface area contributed by atoms with Gasteiger partial charge in [0.2, 0.25) is 5.91 Å². The molecule has 0 aromatic carbocycles. The summed E-state index contributed by atoms with van der Waals surface area (Å²) in [5.74, 6) is 0.440. The maximum absolute atomic E-state index is 12.3. The van der Waals surface area contributed by atoms with Crippen molar-refractivity contribution in [1.82, 2.24) is 19.6 Å². The van der Waals surface area contributed by atoms with Gasteiger partial charge in [-0.3, -0.25) is 19.6 Å². The number of amides is 1. The third kappa shape index (κ3) is 4.04. The number of rotatable bonds is 5. The quantitative estimate of drug-likeness (QED) is 0.660. The summed E-state index contributed by atoms with van der Waals surface area (Å²) in [4.78, 5) is 22.9. The molecule has 1 N–H and O–H groups in total. The molecule has 9 nitrogen and oxygen atoms in total. The Balaban J connectivity index is 2.08. The van der Waals surface area contributed by atoms with Gasteiger partial charge in [0.15, 0.2) is 0 Å². The van der Waals surface area contributed by atoms with Crippen LogP contribution in [-0.4, -0.2) is 30.4 Å². The van der Waals surface area contributed by atoms with Crippen LogP contribution in [0, 0.1) is 30.9 Å². The lowest BCUT2D eigenvalue weighted by Gasteiger charge is -2.22. The zero-order valence-electron chi connectivity index (χ0n) is 15.5. The van der Waals surface area contributed by atoms with E-state index < -0.39 is 4.92 Å². The normalized spacial score (nSPS) is 11.6. The number of nitrogens with one attached hydrogen (secondary N) is 1. The number of nitro groups is 1. The van der Waals surface area contributed by atoms with Gasteiger partial charge in [0, 0.05) is 12.5 Å². The minimum absolute atomic E-state index is 0.00171. The zero-order chi connectivity index (χ0) is 18.9. The van der Waals surface area contributed by atoms with E-state index in [0.717, 1.165) is 5.69 Å². The number of nitrogens with zero attached hydrogens (tertiary/aromatic N) is 5. The molecular weight excluding hydrogens is 324 g/mol. The van der Waals surface area contributed by atoms with E-state index in [1.165, 1.54) is 4.68 Å². The van der Waals surface area contributed by atoms with Crippen LogP contribution in [0.5, 0.6) is 0 Å². The molecule has 0 unspecified atom stereocenters. The van der Waals surface area contributed by atoms with Crippen LogP contribution in [-0.2, 0) is 16.9 Å². The second-order valence-corrected chi connectivity index (χ2v) is 7.05. The van der Waals surface area contributed by atoms with Crippen molar-refractivity contribution in [2.24, 2.45) is 0 Å². The third-order valence-electron chi connectivity index (χ3n) is 3.81. The van der Waals surface area contributed by atoms with E-state index in [0.29, 0.717) is 17.2 Å². The van der Waals surface area contributed by atoms with Crippen LogP contribution in [0.4, 0.5) is 11.5 Å². The number of hydrogen-bond donors (Lipinski definition) is 1. The Morgan fingerprint density at radius 2 is 1.92 bits per heavy atom. The van der Waals surface area contributed by atoms with Gasteiger partial charge in [-0.25, -0.2) is 4.68 Å². The molecule has 9 heteroatoms. The van der Waals surface area contributed by atoms with Crippen molar-refractivity contribution < 1.29 is 9.72 Å². The van der Waals surface area contributed by atoms with Crippen molar-refractivity contribution in [3.8, 4) is 0 Å². The SMILES string of the molecule is Cc1cc(NC(=O)CCn2nc(C)c([N+](=O)[O-])c2C)n(C(C)(C)C)n1. The monoisotopic (exact) mass is 348 g/mol. The molecule has 2 aromatic heterocycles. The Kier molecular flexibility index (Phi) is 4.96. The van der Waals surface area contributed by atoms with Gasteiger partial charge in [-0.05, 0) is 41.5 Å². The molecule has 2 heterocycles. The fourth-order valence-electron chi connectivity index (χ4n) is 2.68. The lowest BCUT2D eigenvalue weighted by molar-refractivity contribution is -0.386. The van der Waals surface area contributed by atoms with Crippen LogP contribution in [0.25, 0.3) is 0 Å². The summed E-state index contributed by atoms with van der Waals surface area (Å²) in [6.45, 7) is 11.4. The van der Waals surface area contributed by atoms with E-state index >= 15 is 0 Å². The molecule has 0 aliphatic rings. The molecule has 0 saturated heterocycles. The predicted octanol–water partition coefficient (Wildman–Crippen LogP) is 2.70. The van der Waals surface area contributed by atoms with E-state index in [1.807, 2.05) is 33.8 Å². The minimum atomic E-state index is -0.446. The molecule has 0 spiro atoms. The van der Waals surface area contributed by atoms with Crippen LogP contribution in [0.15, 0.2) is 6.07 Å². The zero-order valence-corrected chi connectivity index (χ0v) is 15.5. The highest BCUT2D eigenvalue weighted by Crippen LogP contribution is 2.23. The van der Waals surface area contributed by atoms with Crippen molar-refractivity contribution >= 4 is 17.4 Å². The molecule has 0 saturated carbocycles. The average Bonchev–Trinajstić information content (AvgIpc) is 2.96. The molecule has 0 atom stereocenters. The lowest BCUT2D eigenvalue weighted by Crippen LogP contribution is -2.27. The van der Waals surface area contributed by atoms with Crippen LogP contribution >= 0.6 is 0 Å². The third-order valence-corrected chi connectivity index (χ3v) is 3.81. The van der Waals surface area contributed by atoms with Crippen LogP contribution < -0.4 is 5.32 Å². The van der Waals surface area contributed by atoms with E-state index in [-0.39, 0.29) is 30.1 Å². The van der Waals surface area contributed by atoms with Gasteiger partial charge < -0.3 is 5.32 Å². The molecule has 0 radical (unpaired) electrons. The standard InChI is InChI=1S/C16H24N6O3/c1-10-9-13(21(18-10)16(4,5)6)17-14(23)7-8-20-12(3)15(22(24)25)11(2)19-20/h9H,7-8H2,1-6H3,(H,17,23). The average molecular weight is 348 g/mol. The molecule has 0 aliphatic heterocycles. The molecule has 0 aliphatic carbocycles. The number of anilines is 1. The summed E-state index contributed by atoms with van der Waals surface area (Å²) in [6, 6.07) is 1.82. The highest BCUT2D eigenvalue weighted by molar-refractivity contribution is 5.89.